The lowest BCUT2D eigenvalue weighted by Crippen LogP contribution is -2.23. The fraction of sp³-hybridized carbons (Fsp3) is 0.250. The van der Waals surface area contributed by atoms with Crippen LogP contribution in [0.15, 0.2) is 30.7 Å². The Balaban J connectivity index is 0.00000200. The predicted molar refractivity (Wildman–Crippen MR) is 81.1 cm³/mol. The van der Waals surface area contributed by atoms with Gasteiger partial charge in [0.2, 0.25) is 0 Å². The lowest BCUT2D eigenvalue weighted by molar-refractivity contribution is 0.0950. The maximum Gasteiger partial charge on any atom is 0.254 e. The zero-order chi connectivity index (χ0) is 13.7. The SMILES string of the molecule is Cl.Cl.NCCn1cc(C(=O)NCc2ncccc2F)cn1. The van der Waals surface area contributed by atoms with E-state index in [2.05, 4.69) is 15.4 Å². The highest BCUT2D eigenvalue weighted by Crippen LogP contribution is 2.03. The summed E-state index contributed by atoms with van der Waals surface area (Å²) in [4.78, 5) is 15.7. The van der Waals surface area contributed by atoms with E-state index in [4.69, 9.17) is 5.73 Å². The van der Waals surface area contributed by atoms with E-state index < -0.39 is 5.82 Å². The van der Waals surface area contributed by atoms with Crippen molar-refractivity contribution in [1.29, 1.82) is 0 Å². The molecule has 21 heavy (non-hydrogen) atoms. The highest BCUT2D eigenvalue weighted by atomic mass is 35.5. The number of halogens is 3. The molecule has 0 spiro atoms. The third kappa shape index (κ3) is 5.30. The normalized spacial score (nSPS) is 9.43. The van der Waals surface area contributed by atoms with E-state index in [1.165, 1.54) is 24.5 Å². The molecule has 0 aliphatic heterocycles. The van der Waals surface area contributed by atoms with E-state index >= 15 is 0 Å². The topological polar surface area (TPSA) is 85.8 Å². The van der Waals surface area contributed by atoms with E-state index in [0.717, 1.165) is 0 Å². The van der Waals surface area contributed by atoms with Crippen molar-refractivity contribution in [2.45, 2.75) is 13.1 Å². The average Bonchev–Trinajstić information content (AvgIpc) is 2.87. The van der Waals surface area contributed by atoms with Gasteiger partial charge in [-0.15, -0.1) is 24.8 Å². The van der Waals surface area contributed by atoms with Crippen LogP contribution in [-0.4, -0.2) is 27.2 Å². The van der Waals surface area contributed by atoms with E-state index in [1.807, 2.05) is 0 Å². The highest BCUT2D eigenvalue weighted by Gasteiger charge is 2.10. The third-order valence-corrected chi connectivity index (χ3v) is 2.50. The Labute approximate surface area is 133 Å². The van der Waals surface area contributed by atoms with Crippen LogP contribution in [0, 0.1) is 5.82 Å². The van der Waals surface area contributed by atoms with Gasteiger partial charge in [0.1, 0.15) is 5.82 Å². The molecule has 116 valence electrons. The van der Waals surface area contributed by atoms with Gasteiger partial charge in [0.05, 0.1) is 30.5 Å². The lowest BCUT2D eigenvalue weighted by Gasteiger charge is -2.03. The summed E-state index contributed by atoms with van der Waals surface area (Å²) in [6.45, 7) is 1.03. The third-order valence-electron chi connectivity index (χ3n) is 2.50. The minimum Gasteiger partial charge on any atom is -0.346 e. The van der Waals surface area contributed by atoms with Crippen molar-refractivity contribution in [3.8, 4) is 0 Å². The first-order chi connectivity index (χ1) is 9.20. The summed E-state index contributed by atoms with van der Waals surface area (Å²) >= 11 is 0. The number of hydrogen-bond acceptors (Lipinski definition) is 4. The monoisotopic (exact) mass is 335 g/mol. The number of hydrogen-bond donors (Lipinski definition) is 2. The molecule has 2 aromatic rings. The Morgan fingerprint density at radius 3 is 2.86 bits per heavy atom. The van der Waals surface area contributed by atoms with Gasteiger partial charge in [-0.1, -0.05) is 0 Å². The van der Waals surface area contributed by atoms with Crippen LogP contribution in [0.3, 0.4) is 0 Å². The number of aromatic nitrogens is 3. The Morgan fingerprint density at radius 2 is 2.19 bits per heavy atom. The quantitative estimate of drug-likeness (QED) is 0.858. The smallest absolute Gasteiger partial charge is 0.254 e. The molecule has 0 aliphatic carbocycles. The van der Waals surface area contributed by atoms with Crippen LogP contribution in [0.5, 0.6) is 0 Å². The van der Waals surface area contributed by atoms with E-state index in [-0.39, 0.29) is 43.0 Å². The highest BCUT2D eigenvalue weighted by molar-refractivity contribution is 5.93. The average molecular weight is 336 g/mol. The summed E-state index contributed by atoms with van der Waals surface area (Å²) in [5, 5.41) is 6.57. The molecule has 0 fully saturated rings. The summed E-state index contributed by atoms with van der Waals surface area (Å²) < 4.78 is 14.9. The minimum absolute atomic E-state index is 0. The van der Waals surface area contributed by atoms with Crippen LogP contribution in [0.1, 0.15) is 16.1 Å². The van der Waals surface area contributed by atoms with Crippen LogP contribution in [0.25, 0.3) is 0 Å². The molecule has 0 aromatic carbocycles. The van der Waals surface area contributed by atoms with Crippen LogP contribution >= 0.6 is 24.8 Å². The molecule has 0 aliphatic rings. The van der Waals surface area contributed by atoms with Crippen LogP contribution in [-0.2, 0) is 13.1 Å². The van der Waals surface area contributed by atoms with E-state index in [1.54, 1.807) is 10.9 Å². The Morgan fingerprint density at radius 1 is 1.43 bits per heavy atom. The number of nitrogens with two attached hydrogens (primary N) is 1. The largest absolute Gasteiger partial charge is 0.346 e. The van der Waals surface area contributed by atoms with Crippen molar-refractivity contribution in [1.82, 2.24) is 20.1 Å². The number of pyridine rings is 1. The molecule has 9 heteroatoms. The van der Waals surface area contributed by atoms with Gasteiger partial charge in [-0.2, -0.15) is 5.10 Å². The summed E-state index contributed by atoms with van der Waals surface area (Å²) in [5.74, 6) is -0.769. The van der Waals surface area contributed by atoms with Gasteiger partial charge in [-0.05, 0) is 12.1 Å². The number of nitrogens with one attached hydrogen (secondary N) is 1. The summed E-state index contributed by atoms with van der Waals surface area (Å²) in [6.07, 6.45) is 4.51. The molecule has 0 unspecified atom stereocenters. The van der Waals surface area contributed by atoms with Crippen molar-refractivity contribution in [3.05, 3.63) is 47.8 Å². The maximum atomic E-state index is 13.3. The van der Waals surface area contributed by atoms with Crippen LogP contribution in [0.4, 0.5) is 4.39 Å². The standard InChI is InChI=1S/C12H14FN5O.2ClH/c13-10-2-1-4-15-11(10)7-16-12(19)9-6-17-18(8-9)5-3-14;;/h1-2,4,6,8H,3,5,7,14H2,(H,16,19);2*1H. The second-order valence-electron chi connectivity index (χ2n) is 3.90. The number of amides is 1. The van der Waals surface area contributed by atoms with Gasteiger partial charge < -0.3 is 11.1 Å². The maximum absolute atomic E-state index is 13.3. The van der Waals surface area contributed by atoms with Crippen LogP contribution < -0.4 is 11.1 Å². The first kappa shape index (κ1) is 19.3. The Bertz CT molecular complexity index is 578. The van der Waals surface area contributed by atoms with Gasteiger partial charge in [-0.3, -0.25) is 14.5 Å². The molecule has 0 saturated carbocycles. The fourth-order valence-electron chi connectivity index (χ4n) is 1.55. The van der Waals surface area contributed by atoms with Crippen molar-refractivity contribution >= 4 is 30.7 Å². The molecule has 6 nitrogen and oxygen atoms in total. The predicted octanol–water partition coefficient (Wildman–Crippen LogP) is 1.15. The molecule has 2 heterocycles. The molecule has 2 rings (SSSR count). The number of carbonyl (C=O) groups is 1. The second-order valence-corrected chi connectivity index (χ2v) is 3.90. The van der Waals surface area contributed by atoms with Gasteiger partial charge in [0, 0.05) is 18.9 Å². The molecule has 0 atom stereocenters. The number of nitrogens with zero attached hydrogens (tertiary/aromatic N) is 3. The van der Waals surface area contributed by atoms with Crippen molar-refractivity contribution in [3.63, 3.8) is 0 Å². The summed E-state index contributed by atoms with van der Waals surface area (Å²) in [5.41, 5.74) is 5.99. The summed E-state index contributed by atoms with van der Waals surface area (Å²) in [6, 6.07) is 2.80. The van der Waals surface area contributed by atoms with Gasteiger partial charge in [-0.25, -0.2) is 4.39 Å². The lowest BCUT2D eigenvalue weighted by atomic mass is 10.3. The Kier molecular flexibility index (Phi) is 8.52. The zero-order valence-corrected chi connectivity index (χ0v) is 12.7. The van der Waals surface area contributed by atoms with Crippen molar-refractivity contribution in [2.75, 3.05) is 6.54 Å². The number of carbonyl (C=O) groups excluding carboxylic acids is 1. The Hall–Kier alpha value is -1.70. The van der Waals surface area contributed by atoms with Crippen LogP contribution in [0.2, 0.25) is 0 Å². The molecule has 2 aromatic heterocycles. The second kappa shape index (κ2) is 9.28. The molecule has 0 radical (unpaired) electrons. The minimum atomic E-state index is -0.443. The summed E-state index contributed by atoms with van der Waals surface area (Å²) in [7, 11) is 0. The molecular formula is C12H16Cl2FN5O. The van der Waals surface area contributed by atoms with E-state index in [0.29, 0.717) is 18.7 Å². The molecular weight excluding hydrogens is 320 g/mol. The zero-order valence-electron chi connectivity index (χ0n) is 11.0. The van der Waals surface area contributed by atoms with Gasteiger partial charge in [0.25, 0.3) is 5.91 Å². The molecule has 1 amide bonds. The van der Waals surface area contributed by atoms with E-state index in [9.17, 15) is 9.18 Å². The molecule has 0 saturated heterocycles. The van der Waals surface area contributed by atoms with Crippen molar-refractivity contribution < 1.29 is 9.18 Å². The molecule has 0 bridgehead atoms. The first-order valence-corrected chi connectivity index (χ1v) is 5.81. The fourth-order valence-corrected chi connectivity index (χ4v) is 1.55. The van der Waals surface area contributed by atoms with Crippen molar-refractivity contribution in [2.24, 2.45) is 5.73 Å². The number of rotatable bonds is 5. The van der Waals surface area contributed by atoms with Gasteiger partial charge >= 0.3 is 0 Å². The first-order valence-electron chi connectivity index (χ1n) is 5.81. The van der Waals surface area contributed by atoms with Gasteiger partial charge in [0.15, 0.2) is 0 Å². The molecule has 3 N–H and O–H groups in total.